The normalized spacial score (nSPS) is 14.2. The number of nitrogens with two attached hydrogens (primary N) is 1. The van der Waals surface area contributed by atoms with Gasteiger partial charge in [-0.1, -0.05) is 6.92 Å². The number of alkyl halides is 3. The van der Waals surface area contributed by atoms with Gasteiger partial charge >= 0.3 is 6.18 Å². The summed E-state index contributed by atoms with van der Waals surface area (Å²) in [5.74, 6) is -0.766. The molecule has 0 spiro atoms. The predicted octanol–water partition coefficient (Wildman–Crippen LogP) is 4.43. The number of methoxy groups -OCH3 is 2. The second-order valence-electron chi connectivity index (χ2n) is 9.33. The molecule has 0 saturated carbocycles. The number of carbonyl (C=O) groups is 1. The van der Waals surface area contributed by atoms with Gasteiger partial charge in [0.1, 0.15) is 18.1 Å². The summed E-state index contributed by atoms with van der Waals surface area (Å²) in [6, 6.07) is 3.91. The number of Topliss-reactive ketones (excluding diaryl/α,β-unsaturated/α-hetero) is 1. The molecule has 4 rings (SSSR count). The zero-order valence-corrected chi connectivity index (χ0v) is 22.4. The maximum atomic E-state index is 14.9. The predicted molar refractivity (Wildman–Crippen MR) is 144 cm³/mol. The number of nitrogens with zero attached hydrogens (tertiary/aromatic N) is 5. The van der Waals surface area contributed by atoms with Crippen molar-refractivity contribution < 1.29 is 31.8 Å². The maximum Gasteiger partial charge on any atom is 0.416 e. The van der Waals surface area contributed by atoms with Gasteiger partial charge in [0.2, 0.25) is 5.95 Å². The Morgan fingerprint density at radius 1 is 1.15 bits per heavy atom. The SMILES string of the molecule is COCC(=O)C[C@@H](C)CNc1nccc(C2=C(c3cnc(N)c(OC)n3)N=C(c3ccc(C(F)(F)F)cc3F)C2)n1. The summed E-state index contributed by atoms with van der Waals surface area (Å²) in [4.78, 5) is 33.6. The van der Waals surface area contributed by atoms with Crippen LogP contribution in [0.25, 0.3) is 11.3 Å². The summed E-state index contributed by atoms with van der Waals surface area (Å²) in [5.41, 5.74) is 6.23. The van der Waals surface area contributed by atoms with E-state index in [2.05, 4.69) is 30.2 Å². The first kappa shape index (κ1) is 29.5. The standard InChI is InChI=1S/C27H27F4N7O3/c1-14(8-16(39)13-40-2)11-35-26-33-7-6-20(38-26)18-10-21(17-5-4-15(9-19(17)28)27(29,30)31)36-23(18)22-12-34-24(32)25(37-22)41-3/h4-7,9,12,14H,8,10-11,13H2,1-3H3,(H2,32,34)(H,33,35,38)/t14-/m1/s1. The lowest BCUT2D eigenvalue weighted by Crippen LogP contribution is -2.18. The van der Waals surface area contributed by atoms with Crippen molar-refractivity contribution in [3.05, 3.63) is 65.0 Å². The van der Waals surface area contributed by atoms with Crippen LogP contribution in [0.2, 0.25) is 0 Å². The molecule has 0 bridgehead atoms. The molecule has 0 radical (unpaired) electrons. The van der Waals surface area contributed by atoms with Crippen molar-refractivity contribution in [3.63, 3.8) is 0 Å². The van der Waals surface area contributed by atoms with Crippen LogP contribution in [-0.4, -0.2) is 58.8 Å². The first-order valence-corrected chi connectivity index (χ1v) is 12.4. The minimum Gasteiger partial charge on any atom is -0.478 e. The van der Waals surface area contributed by atoms with Crippen LogP contribution in [0.5, 0.6) is 5.88 Å². The Hall–Kier alpha value is -4.46. The number of halogens is 4. The van der Waals surface area contributed by atoms with E-state index < -0.39 is 17.6 Å². The van der Waals surface area contributed by atoms with Gasteiger partial charge in [-0.15, -0.1) is 0 Å². The van der Waals surface area contributed by atoms with Gasteiger partial charge in [0.05, 0.1) is 36.0 Å². The lowest BCUT2D eigenvalue weighted by Gasteiger charge is -2.13. The molecule has 216 valence electrons. The van der Waals surface area contributed by atoms with Crippen LogP contribution in [0.4, 0.5) is 29.3 Å². The molecule has 3 heterocycles. The average Bonchev–Trinajstić information content (AvgIpc) is 3.37. The number of allylic oxidation sites excluding steroid dienone is 1. The van der Waals surface area contributed by atoms with Gasteiger partial charge in [-0.25, -0.2) is 29.3 Å². The minimum absolute atomic E-state index is 0.0266. The summed E-state index contributed by atoms with van der Waals surface area (Å²) in [5, 5.41) is 3.10. The molecule has 0 saturated heterocycles. The van der Waals surface area contributed by atoms with Crippen LogP contribution >= 0.6 is 0 Å². The molecule has 2 aromatic heterocycles. The van der Waals surface area contributed by atoms with Crippen molar-refractivity contribution in [3.8, 4) is 5.88 Å². The van der Waals surface area contributed by atoms with Gasteiger partial charge < -0.3 is 20.5 Å². The smallest absolute Gasteiger partial charge is 0.416 e. The van der Waals surface area contributed by atoms with E-state index in [1.807, 2.05) is 6.92 Å². The summed E-state index contributed by atoms with van der Waals surface area (Å²) in [6.45, 7) is 2.34. The van der Waals surface area contributed by atoms with E-state index in [9.17, 15) is 22.4 Å². The van der Waals surface area contributed by atoms with Crippen molar-refractivity contribution in [2.24, 2.45) is 10.9 Å². The Kier molecular flexibility index (Phi) is 8.91. The second kappa shape index (κ2) is 12.4. The molecular weight excluding hydrogens is 546 g/mol. The Morgan fingerprint density at radius 3 is 2.61 bits per heavy atom. The molecule has 3 N–H and O–H groups in total. The van der Waals surface area contributed by atoms with Crippen LogP contribution in [0.1, 0.15) is 42.3 Å². The molecule has 0 amide bonds. The molecule has 3 aromatic rings. The lowest BCUT2D eigenvalue weighted by atomic mass is 9.99. The molecule has 0 aliphatic carbocycles. The molecule has 1 aliphatic heterocycles. The van der Waals surface area contributed by atoms with E-state index in [1.165, 1.54) is 26.6 Å². The molecule has 1 aliphatic rings. The number of hydrogen-bond acceptors (Lipinski definition) is 10. The third kappa shape index (κ3) is 7.01. The zero-order valence-electron chi connectivity index (χ0n) is 22.4. The number of ketones is 1. The van der Waals surface area contributed by atoms with Crippen molar-refractivity contribution in [1.82, 2.24) is 19.9 Å². The van der Waals surface area contributed by atoms with Gasteiger partial charge in [-0.05, 0) is 30.2 Å². The molecular formula is C27H27F4N7O3. The third-order valence-corrected chi connectivity index (χ3v) is 6.14. The average molecular weight is 574 g/mol. The van der Waals surface area contributed by atoms with E-state index in [0.717, 1.165) is 12.1 Å². The molecule has 0 fully saturated rings. The number of nitrogen functional groups attached to an aromatic ring is 1. The fraction of sp³-hybridized carbons (Fsp3) is 0.333. The van der Waals surface area contributed by atoms with Crippen molar-refractivity contribution in [2.75, 3.05) is 38.4 Å². The molecule has 14 heteroatoms. The number of hydrogen-bond donors (Lipinski definition) is 2. The highest BCUT2D eigenvalue weighted by Gasteiger charge is 2.32. The van der Waals surface area contributed by atoms with E-state index in [1.54, 1.807) is 6.07 Å². The first-order valence-electron chi connectivity index (χ1n) is 12.4. The summed E-state index contributed by atoms with van der Waals surface area (Å²) < 4.78 is 64.3. The molecule has 1 aromatic carbocycles. The number of nitrogens with one attached hydrogen (secondary N) is 1. The van der Waals surface area contributed by atoms with Gasteiger partial charge in [-0.2, -0.15) is 13.2 Å². The largest absolute Gasteiger partial charge is 0.478 e. The van der Waals surface area contributed by atoms with E-state index in [-0.39, 0.29) is 65.0 Å². The Bertz CT molecular complexity index is 1510. The van der Waals surface area contributed by atoms with Crippen molar-refractivity contribution >= 4 is 34.5 Å². The topological polar surface area (TPSA) is 138 Å². The summed E-state index contributed by atoms with van der Waals surface area (Å²) in [7, 11) is 2.83. The van der Waals surface area contributed by atoms with Crippen LogP contribution in [0.15, 0.2) is 41.7 Å². The minimum atomic E-state index is -4.69. The number of anilines is 2. The summed E-state index contributed by atoms with van der Waals surface area (Å²) in [6.07, 6.45) is -1.47. The van der Waals surface area contributed by atoms with Gasteiger partial charge in [0, 0.05) is 43.8 Å². The number of ether oxygens (including phenoxy) is 2. The molecule has 41 heavy (non-hydrogen) atoms. The van der Waals surface area contributed by atoms with Crippen LogP contribution in [0, 0.1) is 11.7 Å². The Morgan fingerprint density at radius 2 is 1.93 bits per heavy atom. The quantitative estimate of drug-likeness (QED) is 0.319. The molecule has 1 atom stereocenters. The number of aliphatic imine (C=N–C) groups is 1. The van der Waals surface area contributed by atoms with Crippen LogP contribution < -0.4 is 15.8 Å². The van der Waals surface area contributed by atoms with E-state index in [4.69, 9.17) is 15.2 Å². The van der Waals surface area contributed by atoms with E-state index >= 15 is 0 Å². The molecule has 10 nitrogen and oxygen atoms in total. The third-order valence-electron chi connectivity index (χ3n) is 6.14. The zero-order chi connectivity index (χ0) is 29.7. The highest BCUT2D eigenvalue weighted by atomic mass is 19.4. The highest BCUT2D eigenvalue weighted by Crippen LogP contribution is 2.38. The number of benzene rings is 1. The van der Waals surface area contributed by atoms with Crippen molar-refractivity contribution in [1.29, 1.82) is 0 Å². The van der Waals surface area contributed by atoms with Gasteiger partial charge in [-0.3, -0.25) is 4.79 Å². The number of rotatable bonds is 11. The summed E-state index contributed by atoms with van der Waals surface area (Å²) >= 11 is 0. The number of aromatic nitrogens is 4. The highest BCUT2D eigenvalue weighted by molar-refractivity contribution is 6.16. The fourth-order valence-corrected chi connectivity index (χ4v) is 4.20. The van der Waals surface area contributed by atoms with Gasteiger partial charge in [0.15, 0.2) is 11.6 Å². The fourth-order valence-electron chi connectivity index (χ4n) is 4.20. The maximum absolute atomic E-state index is 14.9. The van der Waals surface area contributed by atoms with Crippen LogP contribution in [-0.2, 0) is 15.7 Å². The van der Waals surface area contributed by atoms with Crippen LogP contribution in [0.3, 0.4) is 0 Å². The number of carbonyl (C=O) groups excluding carboxylic acids is 1. The second-order valence-corrected chi connectivity index (χ2v) is 9.33. The Labute approximate surface area is 232 Å². The van der Waals surface area contributed by atoms with E-state index in [0.29, 0.717) is 30.3 Å². The lowest BCUT2D eigenvalue weighted by molar-refractivity contribution is -0.137. The monoisotopic (exact) mass is 573 g/mol. The van der Waals surface area contributed by atoms with Gasteiger partial charge in [0.25, 0.3) is 5.88 Å². The van der Waals surface area contributed by atoms with Crippen molar-refractivity contribution in [2.45, 2.75) is 25.9 Å². The Balaban J connectivity index is 1.68. The molecule has 0 unspecified atom stereocenters. The first-order chi connectivity index (χ1) is 19.5.